The van der Waals surface area contributed by atoms with Gasteiger partial charge in [-0.25, -0.2) is 0 Å². The zero-order valence-corrected chi connectivity index (χ0v) is 29.8. The van der Waals surface area contributed by atoms with Crippen molar-refractivity contribution < 1.29 is 14.4 Å². The molecule has 0 saturated carbocycles. The normalized spacial score (nSPS) is 13.0. The standard InChI is InChI=1S/C41H51N5O3/c1-30(42)35-19-13-20-36(29-35)39(47)45(5)38(28-32-21-23-34(24-22-32)33-17-11-8-12-18-33)41(49)46(6)37(27-31-15-9-7-10-16-31)40(48)44(4)26-14-25-43(2)3/h7-13,15-24,29-30,37-38H,14,25-28,42H2,1-6H3/t30-,37+,38+/m0/s1. The molecule has 2 N–H and O–H groups in total. The van der Waals surface area contributed by atoms with Crippen molar-refractivity contribution in [2.45, 2.75) is 44.3 Å². The van der Waals surface area contributed by atoms with Crippen molar-refractivity contribution in [1.82, 2.24) is 19.6 Å². The molecule has 4 aromatic carbocycles. The third kappa shape index (κ3) is 10.1. The summed E-state index contributed by atoms with van der Waals surface area (Å²) in [5, 5.41) is 0. The molecule has 49 heavy (non-hydrogen) atoms. The molecule has 4 rings (SSSR count). The van der Waals surface area contributed by atoms with Gasteiger partial charge in [0.1, 0.15) is 12.1 Å². The average Bonchev–Trinajstić information content (AvgIpc) is 3.12. The Morgan fingerprint density at radius 1 is 0.612 bits per heavy atom. The fourth-order valence-electron chi connectivity index (χ4n) is 5.98. The van der Waals surface area contributed by atoms with E-state index in [0.29, 0.717) is 18.5 Å². The van der Waals surface area contributed by atoms with Gasteiger partial charge in [0.05, 0.1) is 0 Å². The second-order valence-corrected chi connectivity index (χ2v) is 13.2. The van der Waals surface area contributed by atoms with E-state index in [1.54, 1.807) is 43.1 Å². The van der Waals surface area contributed by atoms with Crippen LogP contribution >= 0.6 is 0 Å². The minimum Gasteiger partial charge on any atom is -0.344 e. The Kier molecular flexibility index (Phi) is 13.3. The number of likely N-dealkylation sites (N-methyl/N-ethyl adjacent to an activating group) is 3. The summed E-state index contributed by atoms with van der Waals surface area (Å²) in [4.78, 5) is 49.6. The third-order valence-corrected chi connectivity index (χ3v) is 9.07. The van der Waals surface area contributed by atoms with E-state index in [1.807, 2.05) is 106 Å². The average molecular weight is 662 g/mol. The number of amides is 3. The monoisotopic (exact) mass is 661 g/mol. The molecule has 8 nitrogen and oxygen atoms in total. The summed E-state index contributed by atoms with van der Waals surface area (Å²) in [7, 11) is 9.15. The van der Waals surface area contributed by atoms with Crippen LogP contribution in [0.15, 0.2) is 109 Å². The summed E-state index contributed by atoms with van der Waals surface area (Å²) in [6.45, 7) is 3.28. The van der Waals surface area contributed by atoms with E-state index < -0.39 is 12.1 Å². The Labute approximate surface area is 292 Å². The summed E-state index contributed by atoms with van der Waals surface area (Å²) in [5.74, 6) is -0.729. The first-order chi connectivity index (χ1) is 23.5. The molecule has 0 fully saturated rings. The fraction of sp³-hybridized carbons (Fsp3) is 0.341. The first kappa shape index (κ1) is 37.0. The van der Waals surface area contributed by atoms with Crippen molar-refractivity contribution in [1.29, 1.82) is 0 Å². The van der Waals surface area contributed by atoms with Gasteiger partial charge in [0.2, 0.25) is 11.8 Å². The molecule has 3 atom stereocenters. The van der Waals surface area contributed by atoms with Crippen molar-refractivity contribution in [3.8, 4) is 11.1 Å². The Bertz CT molecular complexity index is 1660. The van der Waals surface area contributed by atoms with Gasteiger partial charge in [-0.2, -0.15) is 0 Å². The van der Waals surface area contributed by atoms with Gasteiger partial charge in [-0.05, 0) is 73.9 Å². The van der Waals surface area contributed by atoms with Crippen LogP contribution in [0, 0.1) is 0 Å². The van der Waals surface area contributed by atoms with Crippen LogP contribution in [-0.2, 0) is 22.4 Å². The van der Waals surface area contributed by atoms with Gasteiger partial charge in [0.25, 0.3) is 5.91 Å². The fourth-order valence-corrected chi connectivity index (χ4v) is 5.98. The maximum Gasteiger partial charge on any atom is 0.254 e. The van der Waals surface area contributed by atoms with Crippen LogP contribution in [0.2, 0.25) is 0 Å². The maximum atomic E-state index is 14.7. The number of benzene rings is 4. The Morgan fingerprint density at radius 3 is 1.76 bits per heavy atom. The van der Waals surface area contributed by atoms with Gasteiger partial charge in [0.15, 0.2) is 0 Å². The highest BCUT2D eigenvalue weighted by Gasteiger charge is 2.36. The van der Waals surface area contributed by atoms with Crippen LogP contribution in [-0.4, -0.2) is 97.7 Å². The molecule has 0 heterocycles. The lowest BCUT2D eigenvalue weighted by atomic mass is 9.97. The van der Waals surface area contributed by atoms with Crippen LogP contribution in [0.4, 0.5) is 0 Å². The predicted molar refractivity (Wildman–Crippen MR) is 198 cm³/mol. The Morgan fingerprint density at radius 2 is 1.16 bits per heavy atom. The van der Waals surface area contributed by atoms with E-state index in [2.05, 4.69) is 17.0 Å². The zero-order valence-electron chi connectivity index (χ0n) is 29.8. The first-order valence-corrected chi connectivity index (χ1v) is 16.9. The Balaban J connectivity index is 1.68. The molecule has 0 spiro atoms. The minimum absolute atomic E-state index is 0.136. The van der Waals surface area contributed by atoms with Crippen molar-refractivity contribution in [2.75, 3.05) is 48.3 Å². The molecule has 0 aliphatic carbocycles. The lowest BCUT2D eigenvalue weighted by molar-refractivity contribution is -0.146. The van der Waals surface area contributed by atoms with Crippen LogP contribution in [0.5, 0.6) is 0 Å². The molecule has 0 saturated heterocycles. The van der Waals surface area contributed by atoms with Gasteiger partial charge in [0, 0.05) is 52.1 Å². The van der Waals surface area contributed by atoms with Crippen molar-refractivity contribution in [2.24, 2.45) is 5.73 Å². The predicted octanol–water partition coefficient (Wildman–Crippen LogP) is 5.54. The summed E-state index contributed by atoms with van der Waals surface area (Å²) in [6, 6.07) is 33.3. The molecule has 0 bridgehead atoms. The topological polar surface area (TPSA) is 90.2 Å². The van der Waals surface area contributed by atoms with E-state index in [-0.39, 0.29) is 30.2 Å². The summed E-state index contributed by atoms with van der Waals surface area (Å²) >= 11 is 0. The van der Waals surface area contributed by atoms with E-state index in [0.717, 1.165) is 40.8 Å². The van der Waals surface area contributed by atoms with Gasteiger partial charge in [-0.3, -0.25) is 14.4 Å². The molecule has 8 heteroatoms. The summed E-state index contributed by atoms with van der Waals surface area (Å²) < 4.78 is 0. The molecule has 0 aliphatic rings. The molecule has 0 unspecified atom stereocenters. The van der Waals surface area contributed by atoms with E-state index >= 15 is 0 Å². The molecule has 4 aromatic rings. The lowest BCUT2D eigenvalue weighted by Crippen LogP contribution is -2.56. The number of carbonyl (C=O) groups excluding carboxylic acids is 3. The van der Waals surface area contributed by atoms with E-state index in [1.165, 1.54) is 4.90 Å². The second kappa shape index (κ2) is 17.6. The van der Waals surface area contributed by atoms with Gasteiger partial charge in [-0.1, -0.05) is 97.1 Å². The van der Waals surface area contributed by atoms with Crippen molar-refractivity contribution >= 4 is 17.7 Å². The molecule has 258 valence electrons. The highest BCUT2D eigenvalue weighted by Crippen LogP contribution is 2.23. The van der Waals surface area contributed by atoms with Gasteiger partial charge in [-0.15, -0.1) is 0 Å². The Hall–Kier alpha value is -4.79. The molecule has 0 aromatic heterocycles. The SMILES string of the molecule is C[C@H](N)c1cccc(C(=O)N(C)[C@H](Cc2ccc(-c3ccccc3)cc2)C(=O)N(C)[C@H](Cc2ccccc2)C(=O)N(C)CCCN(C)C)c1. The minimum atomic E-state index is -0.871. The number of rotatable bonds is 15. The number of carbonyl (C=O) groups is 3. The van der Waals surface area contributed by atoms with Crippen LogP contribution in [0.3, 0.4) is 0 Å². The maximum absolute atomic E-state index is 14.7. The third-order valence-electron chi connectivity index (χ3n) is 9.07. The van der Waals surface area contributed by atoms with Gasteiger partial charge < -0.3 is 25.3 Å². The van der Waals surface area contributed by atoms with Crippen LogP contribution < -0.4 is 5.73 Å². The summed E-state index contributed by atoms with van der Waals surface area (Å²) in [5.41, 5.74) is 11.4. The highest BCUT2D eigenvalue weighted by atomic mass is 16.2. The molecular formula is C41H51N5O3. The molecule has 0 aliphatic heterocycles. The van der Waals surface area contributed by atoms with Crippen LogP contribution in [0.25, 0.3) is 11.1 Å². The van der Waals surface area contributed by atoms with Crippen molar-refractivity contribution in [3.05, 3.63) is 131 Å². The number of nitrogens with two attached hydrogens (primary N) is 1. The quantitative estimate of drug-likeness (QED) is 0.181. The van der Waals surface area contributed by atoms with Crippen molar-refractivity contribution in [3.63, 3.8) is 0 Å². The van der Waals surface area contributed by atoms with Crippen LogP contribution in [0.1, 0.15) is 46.4 Å². The van der Waals surface area contributed by atoms with E-state index in [4.69, 9.17) is 5.73 Å². The molecule has 3 amide bonds. The zero-order chi connectivity index (χ0) is 35.5. The largest absolute Gasteiger partial charge is 0.344 e. The van der Waals surface area contributed by atoms with E-state index in [9.17, 15) is 14.4 Å². The number of hydrogen-bond donors (Lipinski definition) is 1. The second-order valence-electron chi connectivity index (χ2n) is 13.2. The number of nitrogens with zero attached hydrogens (tertiary/aromatic N) is 4. The molecule has 0 radical (unpaired) electrons. The van der Waals surface area contributed by atoms with Gasteiger partial charge >= 0.3 is 0 Å². The number of hydrogen-bond acceptors (Lipinski definition) is 5. The molecular weight excluding hydrogens is 610 g/mol. The first-order valence-electron chi connectivity index (χ1n) is 16.9. The highest BCUT2D eigenvalue weighted by molar-refractivity contribution is 5.98. The lowest BCUT2D eigenvalue weighted by Gasteiger charge is -2.36. The smallest absolute Gasteiger partial charge is 0.254 e. The summed E-state index contributed by atoms with van der Waals surface area (Å²) in [6.07, 6.45) is 1.44.